The molecule has 3 rings (SSSR count). The maximum atomic E-state index is 12.6. The van der Waals surface area contributed by atoms with Gasteiger partial charge in [0.05, 0.1) is 17.4 Å². The van der Waals surface area contributed by atoms with Crippen LogP contribution in [-0.4, -0.2) is 26.0 Å². The summed E-state index contributed by atoms with van der Waals surface area (Å²) in [5.41, 5.74) is 3.46. The summed E-state index contributed by atoms with van der Waals surface area (Å²) in [7, 11) is -3.65. The van der Waals surface area contributed by atoms with Crippen molar-refractivity contribution in [2.75, 3.05) is 15.4 Å². The van der Waals surface area contributed by atoms with Gasteiger partial charge < -0.3 is 5.32 Å². The highest BCUT2D eigenvalue weighted by molar-refractivity contribution is 7.94. The SMILES string of the molecule is CCc1cccc(C)c1NC(=O)c1ccc(N2C(=O)[C@@H](C)CS2(=O)=O)cc1. The number of aryl methyl sites for hydroxylation is 2. The Morgan fingerprint density at radius 2 is 1.85 bits per heavy atom. The molecule has 2 aromatic carbocycles. The number of rotatable bonds is 4. The Morgan fingerprint density at radius 3 is 2.41 bits per heavy atom. The molecule has 2 amide bonds. The number of carbonyl (C=O) groups is 2. The molecule has 2 aromatic rings. The van der Waals surface area contributed by atoms with Crippen LogP contribution in [-0.2, 0) is 21.2 Å². The van der Waals surface area contributed by atoms with Gasteiger partial charge in [-0.3, -0.25) is 9.59 Å². The Kier molecular flexibility index (Phi) is 5.06. The maximum Gasteiger partial charge on any atom is 0.255 e. The average molecular weight is 386 g/mol. The van der Waals surface area contributed by atoms with E-state index in [0.29, 0.717) is 5.56 Å². The van der Waals surface area contributed by atoms with Gasteiger partial charge in [0.25, 0.3) is 5.91 Å². The lowest BCUT2D eigenvalue weighted by atomic mass is 10.1. The number of benzene rings is 2. The van der Waals surface area contributed by atoms with Crippen LogP contribution in [0.4, 0.5) is 11.4 Å². The lowest BCUT2D eigenvalue weighted by Gasteiger charge is -2.16. The molecule has 6 nitrogen and oxygen atoms in total. The van der Waals surface area contributed by atoms with Gasteiger partial charge in [-0.15, -0.1) is 0 Å². The number of carbonyl (C=O) groups excluding carboxylic acids is 2. The normalized spacial score (nSPS) is 18.6. The summed E-state index contributed by atoms with van der Waals surface area (Å²) < 4.78 is 25.2. The summed E-state index contributed by atoms with van der Waals surface area (Å²) in [5, 5.41) is 2.93. The quantitative estimate of drug-likeness (QED) is 0.875. The summed E-state index contributed by atoms with van der Waals surface area (Å²) in [6.07, 6.45) is 0.795. The highest BCUT2D eigenvalue weighted by Gasteiger charge is 2.41. The molecule has 0 aliphatic carbocycles. The molecule has 27 heavy (non-hydrogen) atoms. The second-order valence-electron chi connectivity index (χ2n) is 6.75. The zero-order chi connectivity index (χ0) is 19.8. The van der Waals surface area contributed by atoms with E-state index in [4.69, 9.17) is 0 Å². The summed E-state index contributed by atoms with van der Waals surface area (Å²) in [4.78, 5) is 24.8. The number of hydrogen-bond donors (Lipinski definition) is 1. The van der Waals surface area contributed by atoms with Crippen LogP contribution in [0.15, 0.2) is 42.5 Å². The van der Waals surface area contributed by atoms with Crippen LogP contribution in [0.5, 0.6) is 0 Å². The maximum absolute atomic E-state index is 12.6. The van der Waals surface area contributed by atoms with E-state index >= 15 is 0 Å². The van der Waals surface area contributed by atoms with Gasteiger partial charge in [0, 0.05) is 11.3 Å². The van der Waals surface area contributed by atoms with E-state index in [1.165, 1.54) is 24.3 Å². The second kappa shape index (κ2) is 7.15. The summed E-state index contributed by atoms with van der Waals surface area (Å²) in [6, 6.07) is 11.9. The van der Waals surface area contributed by atoms with Crippen molar-refractivity contribution in [1.82, 2.24) is 0 Å². The molecule has 1 N–H and O–H groups in total. The van der Waals surface area contributed by atoms with Gasteiger partial charge in [-0.05, 0) is 48.7 Å². The molecule has 1 fully saturated rings. The Bertz CT molecular complexity index is 997. The smallest absolute Gasteiger partial charge is 0.255 e. The van der Waals surface area contributed by atoms with E-state index in [2.05, 4.69) is 5.32 Å². The second-order valence-corrected chi connectivity index (χ2v) is 8.61. The van der Waals surface area contributed by atoms with Crippen molar-refractivity contribution in [2.45, 2.75) is 27.2 Å². The molecule has 0 radical (unpaired) electrons. The molecule has 1 saturated heterocycles. The van der Waals surface area contributed by atoms with Gasteiger partial charge in [-0.2, -0.15) is 0 Å². The zero-order valence-corrected chi connectivity index (χ0v) is 16.3. The molecule has 0 spiro atoms. The Morgan fingerprint density at radius 1 is 1.19 bits per heavy atom. The van der Waals surface area contributed by atoms with E-state index in [0.717, 1.165) is 27.5 Å². The minimum Gasteiger partial charge on any atom is -0.321 e. The standard InChI is InChI=1S/C20H22N2O4S/c1-4-15-7-5-6-13(2)18(15)21-19(23)16-8-10-17(11-9-16)22-20(24)14(3)12-27(22,25)26/h5-11,14H,4,12H2,1-3H3,(H,21,23)/t14-/m0/s1. The van der Waals surface area contributed by atoms with Crippen molar-refractivity contribution < 1.29 is 18.0 Å². The number of nitrogens with zero attached hydrogens (tertiary/aromatic N) is 1. The van der Waals surface area contributed by atoms with Gasteiger partial charge in [0.15, 0.2) is 0 Å². The monoisotopic (exact) mass is 386 g/mol. The van der Waals surface area contributed by atoms with Crippen molar-refractivity contribution in [3.63, 3.8) is 0 Å². The molecule has 1 aliphatic heterocycles. The molecule has 142 valence electrons. The minimum atomic E-state index is -3.65. The molecule has 0 bridgehead atoms. The largest absolute Gasteiger partial charge is 0.321 e. The minimum absolute atomic E-state index is 0.193. The molecular formula is C20H22N2O4S. The van der Waals surface area contributed by atoms with Crippen molar-refractivity contribution in [3.8, 4) is 0 Å². The topological polar surface area (TPSA) is 83.6 Å². The van der Waals surface area contributed by atoms with Gasteiger partial charge >= 0.3 is 0 Å². The zero-order valence-electron chi connectivity index (χ0n) is 15.5. The van der Waals surface area contributed by atoms with Crippen LogP contribution < -0.4 is 9.62 Å². The number of para-hydroxylation sites is 1. The fourth-order valence-corrected chi connectivity index (χ4v) is 5.04. The van der Waals surface area contributed by atoms with E-state index < -0.39 is 21.8 Å². The number of anilines is 2. The van der Waals surface area contributed by atoms with Gasteiger partial charge in [0.1, 0.15) is 0 Å². The van der Waals surface area contributed by atoms with Crippen LogP contribution in [0.3, 0.4) is 0 Å². The Hall–Kier alpha value is -2.67. The third-order valence-corrected chi connectivity index (χ3v) is 6.57. The fourth-order valence-electron chi connectivity index (χ4n) is 3.22. The molecule has 1 aliphatic rings. The van der Waals surface area contributed by atoms with Crippen molar-refractivity contribution in [1.29, 1.82) is 0 Å². The van der Waals surface area contributed by atoms with Crippen molar-refractivity contribution in [2.24, 2.45) is 5.92 Å². The van der Waals surface area contributed by atoms with Gasteiger partial charge in [0.2, 0.25) is 15.9 Å². The van der Waals surface area contributed by atoms with Crippen molar-refractivity contribution >= 4 is 33.2 Å². The van der Waals surface area contributed by atoms with Gasteiger partial charge in [-0.1, -0.05) is 32.0 Å². The predicted octanol–water partition coefficient (Wildman–Crippen LogP) is 3.12. The first-order valence-electron chi connectivity index (χ1n) is 8.81. The van der Waals surface area contributed by atoms with Crippen LogP contribution in [0.2, 0.25) is 0 Å². The molecule has 0 unspecified atom stereocenters. The first kappa shape index (κ1) is 19.1. The molecule has 0 aromatic heterocycles. The Labute approximate surface area is 159 Å². The predicted molar refractivity (Wildman–Crippen MR) is 105 cm³/mol. The average Bonchev–Trinajstić information content (AvgIpc) is 2.83. The fraction of sp³-hybridized carbons (Fsp3) is 0.300. The molecule has 1 heterocycles. The molecule has 7 heteroatoms. The third-order valence-electron chi connectivity index (χ3n) is 4.70. The first-order valence-corrected chi connectivity index (χ1v) is 10.4. The number of hydrogen-bond acceptors (Lipinski definition) is 4. The lowest BCUT2D eigenvalue weighted by molar-refractivity contribution is -0.119. The molecular weight excluding hydrogens is 364 g/mol. The van der Waals surface area contributed by atoms with Crippen molar-refractivity contribution in [3.05, 3.63) is 59.2 Å². The Balaban J connectivity index is 1.84. The van der Waals surface area contributed by atoms with Crippen LogP contribution in [0.1, 0.15) is 35.3 Å². The van der Waals surface area contributed by atoms with Crippen LogP contribution in [0, 0.1) is 12.8 Å². The summed E-state index contributed by atoms with van der Waals surface area (Å²) >= 11 is 0. The summed E-state index contributed by atoms with van der Waals surface area (Å²) in [6.45, 7) is 5.55. The highest BCUT2D eigenvalue weighted by Crippen LogP contribution is 2.28. The van der Waals surface area contributed by atoms with E-state index in [-0.39, 0.29) is 17.3 Å². The van der Waals surface area contributed by atoms with Crippen LogP contribution >= 0.6 is 0 Å². The highest BCUT2D eigenvalue weighted by atomic mass is 32.2. The number of sulfonamides is 1. The van der Waals surface area contributed by atoms with E-state index in [9.17, 15) is 18.0 Å². The number of nitrogens with one attached hydrogen (secondary N) is 1. The first-order chi connectivity index (χ1) is 12.7. The molecule has 0 saturated carbocycles. The number of amides is 2. The van der Waals surface area contributed by atoms with E-state index in [1.807, 2.05) is 32.0 Å². The summed E-state index contributed by atoms with van der Waals surface area (Å²) in [5.74, 6) is -1.48. The lowest BCUT2D eigenvalue weighted by Crippen LogP contribution is -2.30. The molecule has 1 atom stereocenters. The van der Waals surface area contributed by atoms with E-state index in [1.54, 1.807) is 6.92 Å². The third kappa shape index (κ3) is 3.60. The van der Waals surface area contributed by atoms with Crippen LogP contribution in [0.25, 0.3) is 0 Å². The van der Waals surface area contributed by atoms with Gasteiger partial charge in [-0.25, -0.2) is 12.7 Å².